The fourth-order valence-electron chi connectivity index (χ4n) is 3.03. The molecule has 2 N–H and O–H groups in total. The number of hydrogen-bond acceptors (Lipinski definition) is 3. The number of aromatic nitrogens is 2. The quantitative estimate of drug-likeness (QED) is 0.865. The minimum Gasteiger partial charge on any atom is -0.399 e. The van der Waals surface area contributed by atoms with Crippen LogP contribution < -0.4 is 10.6 Å². The predicted molar refractivity (Wildman–Crippen MR) is 90.5 cm³/mol. The summed E-state index contributed by atoms with van der Waals surface area (Å²) in [6, 6.07) is 6.25. The normalized spacial score (nSPS) is 14.3. The van der Waals surface area contributed by atoms with Crippen LogP contribution in [-0.2, 0) is 26.4 Å². The SMILES string of the molecule is CCc1nn(C)c(CN2CCCc3cc(N)ccc32)c1Br. The van der Waals surface area contributed by atoms with Gasteiger partial charge in [0.05, 0.1) is 22.4 Å². The van der Waals surface area contributed by atoms with Crippen molar-refractivity contribution >= 4 is 27.3 Å². The van der Waals surface area contributed by atoms with Crippen molar-refractivity contribution in [1.82, 2.24) is 9.78 Å². The highest BCUT2D eigenvalue weighted by molar-refractivity contribution is 9.10. The minimum atomic E-state index is 0.852. The Morgan fingerprint density at radius 3 is 2.90 bits per heavy atom. The van der Waals surface area contributed by atoms with Gasteiger partial charge in [-0.2, -0.15) is 5.10 Å². The number of halogens is 1. The molecule has 21 heavy (non-hydrogen) atoms. The third-order valence-corrected chi connectivity index (χ3v) is 5.08. The Labute approximate surface area is 134 Å². The van der Waals surface area contributed by atoms with Gasteiger partial charge < -0.3 is 10.6 Å². The lowest BCUT2D eigenvalue weighted by Gasteiger charge is -2.31. The molecular weight excluding hydrogens is 328 g/mol. The number of nitrogen functional groups attached to an aromatic ring is 1. The van der Waals surface area contributed by atoms with Gasteiger partial charge in [0.15, 0.2) is 0 Å². The molecule has 3 rings (SSSR count). The van der Waals surface area contributed by atoms with Gasteiger partial charge in [-0.3, -0.25) is 4.68 Å². The van der Waals surface area contributed by atoms with Gasteiger partial charge in [-0.05, 0) is 59.0 Å². The van der Waals surface area contributed by atoms with Crippen LogP contribution in [0.5, 0.6) is 0 Å². The summed E-state index contributed by atoms with van der Waals surface area (Å²) in [5.41, 5.74) is 11.8. The van der Waals surface area contributed by atoms with Crippen LogP contribution in [0.25, 0.3) is 0 Å². The maximum Gasteiger partial charge on any atom is 0.0767 e. The standard InChI is InChI=1S/C16H21BrN4/c1-3-13-16(17)15(20(2)19-13)10-21-8-4-5-11-9-12(18)6-7-14(11)21/h6-7,9H,3-5,8,10,18H2,1-2H3. The molecule has 1 aliphatic heterocycles. The summed E-state index contributed by atoms with van der Waals surface area (Å²) < 4.78 is 3.14. The molecule has 0 aliphatic carbocycles. The number of benzene rings is 1. The molecule has 1 aromatic heterocycles. The monoisotopic (exact) mass is 348 g/mol. The van der Waals surface area contributed by atoms with Crippen LogP contribution in [0.1, 0.15) is 30.3 Å². The van der Waals surface area contributed by atoms with Crippen LogP contribution in [0.4, 0.5) is 11.4 Å². The highest BCUT2D eigenvalue weighted by Crippen LogP contribution is 2.31. The molecule has 2 aromatic rings. The van der Waals surface area contributed by atoms with E-state index in [9.17, 15) is 0 Å². The van der Waals surface area contributed by atoms with Crippen molar-refractivity contribution in [3.05, 3.63) is 39.6 Å². The summed E-state index contributed by atoms with van der Waals surface area (Å²) in [5, 5.41) is 4.59. The lowest BCUT2D eigenvalue weighted by atomic mass is 10.0. The van der Waals surface area contributed by atoms with E-state index in [1.54, 1.807) is 0 Å². The second-order valence-corrected chi connectivity index (χ2v) is 6.39. The number of anilines is 2. The zero-order valence-corrected chi connectivity index (χ0v) is 14.2. The first-order valence-corrected chi connectivity index (χ1v) is 8.23. The summed E-state index contributed by atoms with van der Waals surface area (Å²) >= 11 is 3.71. The molecule has 0 bridgehead atoms. The fourth-order valence-corrected chi connectivity index (χ4v) is 3.77. The summed E-state index contributed by atoms with van der Waals surface area (Å²) in [6.07, 6.45) is 3.23. The van der Waals surface area contributed by atoms with Gasteiger partial charge in [-0.25, -0.2) is 0 Å². The number of nitrogens with zero attached hydrogens (tertiary/aromatic N) is 3. The van der Waals surface area contributed by atoms with E-state index in [0.29, 0.717) is 0 Å². The Hall–Kier alpha value is -1.49. The Bertz CT molecular complexity index is 663. The first-order valence-electron chi connectivity index (χ1n) is 7.43. The van der Waals surface area contributed by atoms with E-state index in [1.807, 2.05) is 17.8 Å². The molecule has 5 heteroatoms. The van der Waals surface area contributed by atoms with E-state index in [-0.39, 0.29) is 0 Å². The maximum absolute atomic E-state index is 5.91. The van der Waals surface area contributed by atoms with E-state index < -0.39 is 0 Å². The predicted octanol–water partition coefficient (Wildman–Crippen LogP) is 3.28. The molecule has 0 spiro atoms. The van der Waals surface area contributed by atoms with Gasteiger partial charge in [0.1, 0.15) is 0 Å². The molecule has 0 saturated carbocycles. The van der Waals surface area contributed by atoms with E-state index in [1.165, 1.54) is 23.4 Å². The molecule has 1 aliphatic rings. The van der Waals surface area contributed by atoms with Crippen LogP contribution >= 0.6 is 15.9 Å². The second kappa shape index (κ2) is 5.72. The van der Waals surface area contributed by atoms with Crippen molar-refractivity contribution in [2.75, 3.05) is 17.2 Å². The first-order chi connectivity index (χ1) is 10.1. The molecule has 4 nitrogen and oxygen atoms in total. The van der Waals surface area contributed by atoms with Crippen LogP contribution in [-0.4, -0.2) is 16.3 Å². The van der Waals surface area contributed by atoms with Crippen LogP contribution in [0.15, 0.2) is 22.7 Å². The fraction of sp³-hybridized carbons (Fsp3) is 0.438. The third kappa shape index (κ3) is 2.67. The third-order valence-electron chi connectivity index (χ3n) is 4.16. The van der Waals surface area contributed by atoms with Crippen molar-refractivity contribution in [3.63, 3.8) is 0 Å². The average molecular weight is 349 g/mol. The van der Waals surface area contributed by atoms with Gasteiger partial charge in [-0.15, -0.1) is 0 Å². The largest absolute Gasteiger partial charge is 0.399 e. The molecule has 0 fully saturated rings. The van der Waals surface area contributed by atoms with E-state index in [2.05, 4.69) is 45.0 Å². The molecule has 0 unspecified atom stereocenters. The Morgan fingerprint density at radius 1 is 1.38 bits per heavy atom. The first kappa shape index (κ1) is 14.4. The summed E-state index contributed by atoms with van der Waals surface area (Å²) in [4.78, 5) is 2.43. The Morgan fingerprint density at radius 2 is 2.19 bits per heavy atom. The topological polar surface area (TPSA) is 47.1 Å². The molecule has 0 saturated heterocycles. The number of rotatable bonds is 3. The molecule has 112 valence electrons. The van der Waals surface area contributed by atoms with Crippen LogP contribution in [0, 0.1) is 0 Å². The second-order valence-electron chi connectivity index (χ2n) is 5.60. The van der Waals surface area contributed by atoms with E-state index in [4.69, 9.17) is 5.73 Å². The lowest BCUT2D eigenvalue weighted by Crippen LogP contribution is -2.29. The van der Waals surface area contributed by atoms with Crippen molar-refractivity contribution in [2.24, 2.45) is 7.05 Å². The molecule has 2 heterocycles. The average Bonchev–Trinajstić information content (AvgIpc) is 2.74. The van der Waals surface area contributed by atoms with Gasteiger partial charge >= 0.3 is 0 Å². The smallest absolute Gasteiger partial charge is 0.0767 e. The Kier molecular flexibility index (Phi) is 3.93. The van der Waals surface area contributed by atoms with Crippen molar-refractivity contribution < 1.29 is 0 Å². The number of nitrogens with two attached hydrogens (primary N) is 1. The van der Waals surface area contributed by atoms with Gasteiger partial charge in [0.2, 0.25) is 0 Å². The van der Waals surface area contributed by atoms with Crippen molar-refractivity contribution in [1.29, 1.82) is 0 Å². The van der Waals surface area contributed by atoms with E-state index >= 15 is 0 Å². The van der Waals surface area contributed by atoms with E-state index in [0.717, 1.165) is 41.8 Å². The summed E-state index contributed by atoms with van der Waals surface area (Å²) in [6.45, 7) is 4.09. The zero-order valence-electron chi connectivity index (χ0n) is 12.6. The lowest BCUT2D eigenvalue weighted by molar-refractivity contribution is 0.641. The maximum atomic E-state index is 5.91. The van der Waals surface area contributed by atoms with Crippen LogP contribution in [0.3, 0.4) is 0 Å². The zero-order chi connectivity index (χ0) is 15.0. The van der Waals surface area contributed by atoms with Gasteiger partial charge in [0, 0.05) is 25.0 Å². The number of fused-ring (bicyclic) bond motifs is 1. The summed E-state index contributed by atoms with van der Waals surface area (Å²) in [5.74, 6) is 0. The highest BCUT2D eigenvalue weighted by atomic mass is 79.9. The molecule has 1 aromatic carbocycles. The number of aryl methyl sites for hydroxylation is 3. The van der Waals surface area contributed by atoms with Crippen LogP contribution in [0.2, 0.25) is 0 Å². The molecular formula is C16H21BrN4. The van der Waals surface area contributed by atoms with Crippen molar-refractivity contribution in [2.45, 2.75) is 32.7 Å². The number of hydrogen-bond donors (Lipinski definition) is 1. The molecule has 0 amide bonds. The minimum absolute atomic E-state index is 0.852. The van der Waals surface area contributed by atoms with Crippen molar-refractivity contribution in [3.8, 4) is 0 Å². The van der Waals surface area contributed by atoms with Gasteiger partial charge in [-0.1, -0.05) is 6.92 Å². The van der Waals surface area contributed by atoms with Gasteiger partial charge in [0.25, 0.3) is 0 Å². The summed E-state index contributed by atoms with van der Waals surface area (Å²) in [7, 11) is 2.02. The Balaban J connectivity index is 1.92. The molecule has 0 radical (unpaired) electrons. The highest BCUT2D eigenvalue weighted by Gasteiger charge is 2.21. The molecule has 0 atom stereocenters.